The molecule has 1 unspecified atom stereocenters. The van der Waals surface area contributed by atoms with E-state index >= 15 is 0 Å². The third kappa shape index (κ3) is 3.80. The maximum atomic E-state index is 12.8. The number of ether oxygens (including phenoxy) is 2. The van der Waals surface area contributed by atoms with Gasteiger partial charge in [0.05, 0.1) is 18.2 Å². The van der Waals surface area contributed by atoms with Gasteiger partial charge in [-0.2, -0.15) is 0 Å². The molecular formula is C21H20ClNO5. The summed E-state index contributed by atoms with van der Waals surface area (Å²) in [6, 6.07) is 14.6. The summed E-state index contributed by atoms with van der Waals surface area (Å²) in [6.07, 6.45) is -0.718. The van der Waals surface area contributed by atoms with Crippen LogP contribution in [0.5, 0.6) is 0 Å². The zero-order valence-electron chi connectivity index (χ0n) is 15.5. The first-order valence-corrected chi connectivity index (χ1v) is 9.00. The molecular weight excluding hydrogens is 382 g/mol. The van der Waals surface area contributed by atoms with E-state index in [9.17, 15) is 14.7 Å². The first-order valence-electron chi connectivity index (χ1n) is 8.62. The maximum absolute atomic E-state index is 12.8. The van der Waals surface area contributed by atoms with Gasteiger partial charge < -0.3 is 19.5 Å². The van der Waals surface area contributed by atoms with Crippen molar-refractivity contribution in [3.63, 3.8) is 0 Å². The van der Waals surface area contributed by atoms with Crippen molar-refractivity contribution in [3.8, 4) is 0 Å². The Morgan fingerprint density at radius 3 is 2.25 bits per heavy atom. The molecule has 1 atom stereocenters. The van der Waals surface area contributed by atoms with Gasteiger partial charge in [0.2, 0.25) is 0 Å². The average molecular weight is 402 g/mol. The van der Waals surface area contributed by atoms with E-state index < -0.39 is 24.0 Å². The molecule has 1 fully saturated rings. The van der Waals surface area contributed by atoms with Crippen molar-refractivity contribution in [1.82, 2.24) is 4.90 Å². The molecule has 2 aromatic carbocycles. The second-order valence-electron chi connectivity index (χ2n) is 6.27. The van der Waals surface area contributed by atoms with Crippen LogP contribution in [0.25, 0.3) is 5.76 Å². The topological polar surface area (TPSA) is 76.1 Å². The van der Waals surface area contributed by atoms with Crippen LogP contribution in [0.15, 0.2) is 60.2 Å². The summed E-state index contributed by atoms with van der Waals surface area (Å²) in [4.78, 5) is 26.9. The molecule has 1 aliphatic heterocycles. The summed E-state index contributed by atoms with van der Waals surface area (Å²) in [5.41, 5.74) is 1.12. The lowest BCUT2D eigenvalue weighted by molar-refractivity contribution is -0.149. The zero-order chi connectivity index (χ0) is 20.3. The van der Waals surface area contributed by atoms with Crippen molar-refractivity contribution in [2.24, 2.45) is 0 Å². The fourth-order valence-electron chi connectivity index (χ4n) is 3.22. The minimum absolute atomic E-state index is 0.0180. The Morgan fingerprint density at radius 2 is 1.68 bits per heavy atom. The molecule has 2 aromatic rings. The number of likely N-dealkylation sites (tertiary alicyclic amines) is 1. The summed E-state index contributed by atoms with van der Waals surface area (Å²) < 4.78 is 10.4. The number of benzene rings is 2. The molecule has 7 heteroatoms. The van der Waals surface area contributed by atoms with Crippen LogP contribution in [0.4, 0.5) is 0 Å². The van der Waals surface area contributed by atoms with Crippen LogP contribution >= 0.6 is 11.6 Å². The van der Waals surface area contributed by atoms with Crippen LogP contribution in [-0.2, 0) is 19.1 Å². The van der Waals surface area contributed by atoms with Gasteiger partial charge >= 0.3 is 0 Å². The molecule has 0 aromatic heterocycles. The Morgan fingerprint density at radius 1 is 1.07 bits per heavy atom. The van der Waals surface area contributed by atoms with E-state index in [-0.39, 0.29) is 17.9 Å². The van der Waals surface area contributed by atoms with Crippen molar-refractivity contribution in [2.45, 2.75) is 12.3 Å². The van der Waals surface area contributed by atoms with E-state index in [1.807, 2.05) is 0 Å². The molecule has 28 heavy (non-hydrogen) atoms. The number of rotatable bonds is 6. The Labute approximate surface area is 167 Å². The van der Waals surface area contributed by atoms with E-state index in [1.54, 1.807) is 54.6 Å². The lowest BCUT2D eigenvalue weighted by Gasteiger charge is -2.28. The van der Waals surface area contributed by atoms with E-state index in [1.165, 1.54) is 19.1 Å². The standard InChI is InChI=1S/C21H20ClNO5/c1-27-16(28-2)12-23-18(13-8-10-15(22)11-9-13)17(20(25)21(23)26)19(24)14-6-4-3-5-7-14/h3-11,16,18,24H,12H2,1-2H3/b19-17+. The highest BCUT2D eigenvalue weighted by Gasteiger charge is 2.46. The van der Waals surface area contributed by atoms with Crippen molar-refractivity contribution >= 4 is 29.1 Å². The van der Waals surface area contributed by atoms with Crippen LogP contribution in [-0.4, -0.2) is 48.8 Å². The molecule has 6 nitrogen and oxygen atoms in total. The fraction of sp³-hybridized carbons (Fsp3) is 0.238. The zero-order valence-corrected chi connectivity index (χ0v) is 16.2. The van der Waals surface area contributed by atoms with Crippen LogP contribution in [0.2, 0.25) is 5.02 Å². The monoisotopic (exact) mass is 401 g/mol. The number of aliphatic hydroxyl groups is 1. The molecule has 1 N–H and O–H groups in total. The molecule has 3 rings (SSSR count). The first kappa shape index (κ1) is 20.1. The van der Waals surface area contributed by atoms with E-state index in [2.05, 4.69) is 0 Å². The molecule has 1 amide bonds. The van der Waals surface area contributed by atoms with Gasteiger partial charge in [-0.25, -0.2) is 0 Å². The van der Waals surface area contributed by atoms with Gasteiger partial charge in [0, 0.05) is 24.8 Å². The Hall–Kier alpha value is -2.67. The molecule has 1 saturated heterocycles. The Bertz CT molecular complexity index is 891. The number of amides is 1. The number of nitrogens with zero attached hydrogens (tertiary/aromatic N) is 1. The smallest absolute Gasteiger partial charge is 0.295 e. The molecule has 146 valence electrons. The van der Waals surface area contributed by atoms with Crippen molar-refractivity contribution in [1.29, 1.82) is 0 Å². The number of methoxy groups -OCH3 is 2. The Kier molecular flexibility index (Phi) is 6.14. The SMILES string of the molecule is COC(CN1C(=O)C(=O)/C(=C(/O)c2ccccc2)C1c1ccc(Cl)cc1)OC. The van der Waals surface area contributed by atoms with Gasteiger partial charge in [-0.15, -0.1) is 0 Å². The summed E-state index contributed by atoms with van der Waals surface area (Å²) in [7, 11) is 2.90. The predicted molar refractivity (Wildman–Crippen MR) is 105 cm³/mol. The predicted octanol–water partition coefficient (Wildman–Crippen LogP) is 3.38. The van der Waals surface area contributed by atoms with Crippen molar-refractivity contribution in [2.75, 3.05) is 20.8 Å². The number of carbonyl (C=O) groups excluding carboxylic acids is 2. The minimum atomic E-state index is -0.787. The van der Waals surface area contributed by atoms with Crippen molar-refractivity contribution in [3.05, 3.63) is 76.3 Å². The van der Waals surface area contributed by atoms with Gasteiger partial charge in [0.1, 0.15) is 5.76 Å². The van der Waals surface area contributed by atoms with Crippen molar-refractivity contribution < 1.29 is 24.2 Å². The van der Waals surface area contributed by atoms with E-state index in [0.717, 1.165) is 0 Å². The quantitative estimate of drug-likeness (QED) is 0.347. The van der Waals surface area contributed by atoms with E-state index in [4.69, 9.17) is 21.1 Å². The molecule has 0 radical (unpaired) electrons. The molecule has 0 saturated carbocycles. The third-order valence-corrected chi connectivity index (χ3v) is 4.90. The molecule has 0 bridgehead atoms. The highest BCUT2D eigenvalue weighted by molar-refractivity contribution is 6.46. The van der Waals surface area contributed by atoms with Gasteiger partial charge in [0.25, 0.3) is 11.7 Å². The number of hydrogen-bond acceptors (Lipinski definition) is 5. The second kappa shape index (κ2) is 8.56. The highest BCUT2D eigenvalue weighted by atomic mass is 35.5. The number of halogens is 1. The number of aliphatic hydroxyl groups excluding tert-OH is 1. The lowest BCUT2D eigenvalue weighted by atomic mass is 9.95. The number of carbonyl (C=O) groups is 2. The van der Waals surface area contributed by atoms with Gasteiger partial charge in [-0.1, -0.05) is 54.1 Å². The number of Topliss-reactive ketones (excluding diaryl/α,β-unsaturated/α-hetero) is 1. The summed E-state index contributed by atoms with van der Waals surface area (Å²) in [5.74, 6) is -1.71. The van der Waals surface area contributed by atoms with Crippen LogP contribution < -0.4 is 0 Å². The van der Waals surface area contributed by atoms with Gasteiger partial charge in [-0.05, 0) is 17.7 Å². The second-order valence-corrected chi connectivity index (χ2v) is 6.71. The summed E-state index contributed by atoms with van der Waals surface area (Å²) >= 11 is 5.99. The molecule has 0 aliphatic carbocycles. The number of hydrogen-bond donors (Lipinski definition) is 1. The first-order chi connectivity index (χ1) is 13.5. The largest absolute Gasteiger partial charge is 0.507 e. The number of ketones is 1. The Balaban J connectivity index is 2.15. The summed E-state index contributed by atoms with van der Waals surface area (Å²) in [5, 5.41) is 11.4. The molecule has 1 aliphatic rings. The van der Waals surface area contributed by atoms with Gasteiger partial charge in [-0.3, -0.25) is 9.59 Å². The van der Waals surface area contributed by atoms with Crippen LogP contribution in [0, 0.1) is 0 Å². The van der Waals surface area contributed by atoms with Crippen LogP contribution in [0.3, 0.4) is 0 Å². The van der Waals surface area contributed by atoms with E-state index in [0.29, 0.717) is 16.1 Å². The normalized spacial score (nSPS) is 18.9. The molecule has 0 spiro atoms. The average Bonchev–Trinajstić information content (AvgIpc) is 2.97. The van der Waals surface area contributed by atoms with Crippen LogP contribution in [0.1, 0.15) is 17.2 Å². The van der Waals surface area contributed by atoms with Gasteiger partial charge in [0.15, 0.2) is 6.29 Å². The minimum Gasteiger partial charge on any atom is -0.507 e. The molecule has 1 heterocycles. The summed E-state index contributed by atoms with van der Waals surface area (Å²) in [6.45, 7) is 0.0242. The fourth-order valence-corrected chi connectivity index (χ4v) is 3.34. The maximum Gasteiger partial charge on any atom is 0.295 e. The third-order valence-electron chi connectivity index (χ3n) is 4.64. The lowest BCUT2D eigenvalue weighted by Crippen LogP contribution is -2.38. The highest BCUT2D eigenvalue weighted by Crippen LogP contribution is 2.39.